The highest BCUT2D eigenvalue weighted by atomic mass is 16.5. The first-order chi connectivity index (χ1) is 3.70. The molecule has 3 atom stereocenters. The fourth-order valence-corrected chi connectivity index (χ4v) is 0.852. The summed E-state index contributed by atoms with van der Waals surface area (Å²) in [7, 11) is 0. The highest BCUT2D eigenvalue weighted by Crippen LogP contribution is 2.15. The van der Waals surface area contributed by atoms with Gasteiger partial charge < -0.3 is 15.6 Å². The maximum Gasteiger partial charge on any atom is 0.108 e. The molecule has 1 aliphatic heterocycles. The molecule has 3 heteroatoms. The van der Waals surface area contributed by atoms with E-state index >= 15 is 0 Å². The fraction of sp³-hybridized carbons (Fsp3) is 1.00. The summed E-state index contributed by atoms with van der Waals surface area (Å²) in [5.74, 6) is 0. The second-order valence-corrected chi connectivity index (χ2v) is 2.18. The molecule has 0 radical (unpaired) electrons. The average molecular weight is 117 g/mol. The van der Waals surface area contributed by atoms with E-state index in [9.17, 15) is 0 Å². The van der Waals surface area contributed by atoms with Crippen molar-refractivity contribution in [1.29, 1.82) is 0 Å². The van der Waals surface area contributed by atoms with Gasteiger partial charge in [0, 0.05) is 6.42 Å². The maximum absolute atomic E-state index is 8.96. The molecule has 0 spiro atoms. The Labute approximate surface area is 48.4 Å². The number of aliphatic hydroxyl groups excluding tert-OH is 1. The van der Waals surface area contributed by atoms with Crippen LogP contribution in [0.1, 0.15) is 13.3 Å². The first-order valence-corrected chi connectivity index (χ1v) is 2.79. The molecule has 0 amide bonds. The van der Waals surface area contributed by atoms with Gasteiger partial charge in [-0.3, -0.25) is 0 Å². The third-order valence-corrected chi connectivity index (χ3v) is 1.41. The van der Waals surface area contributed by atoms with Gasteiger partial charge in [0.05, 0.1) is 12.2 Å². The predicted molar refractivity (Wildman–Crippen MR) is 29.1 cm³/mol. The van der Waals surface area contributed by atoms with E-state index in [1.165, 1.54) is 0 Å². The molecular weight excluding hydrogens is 106 g/mol. The standard InChI is InChI=1S/C5H11NO2/c1-3-4(7)2-5(6)8-3/h3-5,7H,2,6H2,1H3/t3?,4-,5?/m1/s1. The number of hydrogen-bond acceptors (Lipinski definition) is 3. The van der Waals surface area contributed by atoms with Crippen LogP contribution in [0.5, 0.6) is 0 Å². The van der Waals surface area contributed by atoms with Crippen molar-refractivity contribution in [3.8, 4) is 0 Å². The molecule has 3 N–H and O–H groups in total. The summed E-state index contributed by atoms with van der Waals surface area (Å²) in [6, 6.07) is 0. The minimum atomic E-state index is -0.356. The molecule has 1 fully saturated rings. The van der Waals surface area contributed by atoms with Crippen LogP contribution in [0.25, 0.3) is 0 Å². The zero-order valence-electron chi connectivity index (χ0n) is 4.87. The maximum atomic E-state index is 8.96. The van der Waals surface area contributed by atoms with E-state index in [0.717, 1.165) is 0 Å². The van der Waals surface area contributed by atoms with Gasteiger partial charge in [-0.15, -0.1) is 0 Å². The lowest BCUT2D eigenvalue weighted by Gasteiger charge is -2.04. The van der Waals surface area contributed by atoms with Crippen molar-refractivity contribution >= 4 is 0 Å². The first kappa shape index (κ1) is 6.01. The molecule has 1 rings (SSSR count). The van der Waals surface area contributed by atoms with Gasteiger partial charge >= 0.3 is 0 Å². The second kappa shape index (κ2) is 2.01. The molecule has 0 saturated carbocycles. The molecule has 0 aromatic rings. The number of aliphatic hydroxyl groups is 1. The Bertz CT molecular complexity index is 76.5. The Morgan fingerprint density at radius 1 is 1.75 bits per heavy atom. The molecule has 2 unspecified atom stereocenters. The van der Waals surface area contributed by atoms with Crippen LogP contribution < -0.4 is 5.73 Å². The lowest BCUT2D eigenvalue weighted by Crippen LogP contribution is -2.18. The largest absolute Gasteiger partial charge is 0.390 e. The van der Waals surface area contributed by atoms with Crippen LogP contribution in [0.15, 0.2) is 0 Å². The summed E-state index contributed by atoms with van der Waals surface area (Å²) in [4.78, 5) is 0. The van der Waals surface area contributed by atoms with E-state index in [4.69, 9.17) is 15.6 Å². The summed E-state index contributed by atoms with van der Waals surface area (Å²) >= 11 is 0. The minimum absolute atomic E-state index is 0.0787. The van der Waals surface area contributed by atoms with Gasteiger partial charge in [-0.05, 0) is 6.92 Å². The number of rotatable bonds is 0. The summed E-state index contributed by atoms with van der Waals surface area (Å²) in [6.45, 7) is 1.82. The van der Waals surface area contributed by atoms with Crippen LogP contribution in [0, 0.1) is 0 Å². The van der Waals surface area contributed by atoms with E-state index in [2.05, 4.69) is 0 Å². The predicted octanol–water partition coefficient (Wildman–Crippen LogP) is -0.559. The Hall–Kier alpha value is -0.120. The minimum Gasteiger partial charge on any atom is -0.390 e. The molecule has 0 aromatic heterocycles. The molecular formula is C5H11NO2. The van der Waals surface area contributed by atoms with Crippen molar-refractivity contribution in [3.05, 3.63) is 0 Å². The molecule has 0 bridgehead atoms. The Morgan fingerprint density at radius 2 is 2.38 bits per heavy atom. The van der Waals surface area contributed by atoms with Gasteiger partial charge in [-0.1, -0.05) is 0 Å². The molecule has 48 valence electrons. The molecule has 0 aromatic carbocycles. The molecule has 8 heavy (non-hydrogen) atoms. The van der Waals surface area contributed by atoms with E-state index in [1.54, 1.807) is 0 Å². The van der Waals surface area contributed by atoms with Gasteiger partial charge in [-0.25, -0.2) is 0 Å². The monoisotopic (exact) mass is 117 g/mol. The van der Waals surface area contributed by atoms with E-state index in [-0.39, 0.29) is 18.4 Å². The lowest BCUT2D eigenvalue weighted by atomic mass is 10.2. The van der Waals surface area contributed by atoms with Gasteiger partial charge in [0.25, 0.3) is 0 Å². The number of ether oxygens (including phenoxy) is 1. The zero-order chi connectivity index (χ0) is 6.15. The Balaban J connectivity index is 2.39. The highest BCUT2D eigenvalue weighted by Gasteiger charge is 2.27. The van der Waals surface area contributed by atoms with Crippen molar-refractivity contribution in [3.63, 3.8) is 0 Å². The van der Waals surface area contributed by atoms with Crippen LogP contribution in [0.4, 0.5) is 0 Å². The normalized spacial score (nSPS) is 47.6. The van der Waals surface area contributed by atoms with Crippen LogP contribution in [-0.2, 0) is 4.74 Å². The van der Waals surface area contributed by atoms with Gasteiger partial charge in [0.1, 0.15) is 6.23 Å². The SMILES string of the molecule is CC1OC(N)C[C@H]1O. The van der Waals surface area contributed by atoms with Crippen LogP contribution in [0.2, 0.25) is 0 Å². The van der Waals surface area contributed by atoms with E-state index in [1.807, 2.05) is 6.92 Å². The molecule has 1 aliphatic rings. The van der Waals surface area contributed by atoms with Gasteiger partial charge in [0.2, 0.25) is 0 Å². The molecule has 3 nitrogen and oxygen atoms in total. The smallest absolute Gasteiger partial charge is 0.108 e. The topological polar surface area (TPSA) is 55.5 Å². The third kappa shape index (κ3) is 0.992. The van der Waals surface area contributed by atoms with Crippen molar-refractivity contribution in [2.24, 2.45) is 5.73 Å². The van der Waals surface area contributed by atoms with Crippen LogP contribution in [-0.4, -0.2) is 23.5 Å². The molecule has 0 aliphatic carbocycles. The quantitative estimate of drug-likeness (QED) is 0.447. The summed E-state index contributed by atoms with van der Waals surface area (Å²) in [6.07, 6.45) is -0.115. The first-order valence-electron chi connectivity index (χ1n) is 2.79. The van der Waals surface area contributed by atoms with E-state index < -0.39 is 0 Å². The van der Waals surface area contributed by atoms with Crippen LogP contribution in [0.3, 0.4) is 0 Å². The van der Waals surface area contributed by atoms with Crippen molar-refractivity contribution in [2.45, 2.75) is 31.8 Å². The van der Waals surface area contributed by atoms with Crippen LogP contribution >= 0.6 is 0 Å². The summed E-state index contributed by atoms with van der Waals surface area (Å²) < 4.78 is 5.00. The summed E-state index contributed by atoms with van der Waals surface area (Å²) in [5.41, 5.74) is 5.33. The van der Waals surface area contributed by atoms with Crippen molar-refractivity contribution in [2.75, 3.05) is 0 Å². The third-order valence-electron chi connectivity index (χ3n) is 1.41. The molecule has 1 heterocycles. The van der Waals surface area contributed by atoms with E-state index in [0.29, 0.717) is 6.42 Å². The zero-order valence-corrected chi connectivity index (χ0v) is 4.87. The second-order valence-electron chi connectivity index (χ2n) is 2.18. The Morgan fingerprint density at radius 3 is 2.50 bits per heavy atom. The lowest BCUT2D eigenvalue weighted by molar-refractivity contribution is 0.0247. The number of nitrogens with two attached hydrogens (primary N) is 1. The summed E-state index contributed by atoms with van der Waals surface area (Å²) in [5, 5.41) is 8.96. The Kier molecular flexibility index (Phi) is 1.51. The molecule has 1 saturated heterocycles. The van der Waals surface area contributed by atoms with Gasteiger partial charge in [-0.2, -0.15) is 0 Å². The highest BCUT2D eigenvalue weighted by molar-refractivity contribution is 4.74. The fourth-order valence-electron chi connectivity index (χ4n) is 0.852. The average Bonchev–Trinajstić information content (AvgIpc) is 1.85. The van der Waals surface area contributed by atoms with Crippen molar-refractivity contribution in [1.82, 2.24) is 0 Å². The van der Waals surface area contributed by atoms with Crippen molar-refractivity contribution < 1.29 is 9.84 Å². The van der Waals surface area contributed by atoms with Gasteiger partial charge in [0.15, 0.2) is 0 Å². The number of hydrogen-bond donors (Lipinski definition) is 2.